The van der Waals surface area contributed by atoms with Gasteiger partial charge in [0, 0.05) is 43.8 Å². The fourth-order valence-electron chi connectivity index (χ4n) is 18.0. The van der Waals surface area contributed by atoms with E-state index in [1.165, 1.54) is 34.4 Å². The molecule has 8 aromatic carbocycles. The lowest BCUT2D eigenvalue weighted by Crippen LogP contribution is -2.55. The highest BCUT2D eigenvalue weighted by Gasteiger charge is 2.51. The van der Waals surface area contributed by atoms with Gasteiger partial charge in [0.1, 0.15) is 42.7 Å². The predicted octanol–water partition coefficient (Wildman–Crippen LogP) is 26.4. The molecule has 0 atom stereocenters. The molecule has 2 aromatic heterocycles. The number of rotatable bonds is 16. The Balaban J connectivity index is 1.01. The van der Waals surface area contributed by atoms with Gasteiger partial charge in [0.25, 0.3) is 0 Å². The Labute approximate surface area is 604 Å². The molecule has 2 aliphatic carbocycles. The quantitative estimate of drug-likeness (QED) is 0.0946. The lowest BCUT2D eigenvalue weighted by Gasteiger charge is -2.41. The number of ether oxygens (including phenoxy) is 2. The van der Waals surface area contributed by atoms with E-state index in [2.05, 4.69) is 259 Å². The Morgan fingerprint density at radius 3 is 0.911 bits per heavy atom. The number of fused-ring (bicyclic) bond motifs is 6. The molecule has 6 nitrogen and oxygen atoms in total. The minimum absolute atomic E-state index is 0.0442. The molecule has 101 heavy (non-hydrogen) atoms. The van der Waals surface area contributed by atoms with Gasteiger partial charge in [0.15, 0.2) is 0 Å². The molecule has 0 spiro atoms. The molecule has 536 valence electrons. The van der Waals surface area contributed by atoms with E-state index in [1.54, 1.807) is 24.3 Å². The summed E-state index contributed by atoms with van der Waals surface area (Å²) in [6.45, 7) is 49.8. The molecule has 2 N–H and O–H groups in total. The van der Waals surface area contributed by atoms with Crippen molar-refractivity contribution in [2.45, 2.75) is 260 Å². The molecule has 0 unspecified atom stereocenters. The summed E-state index contributed by atoms with van der Waals surface area (Å²) in [5, 5.41) is 31.4. The first-order valence-electron chi connectivity index (χ1n) is 37.7. The van der Waals surface area contributed by atoms with Crippen LogP contribution in [0.3, 0.4) is 0 Å². The summed E-state index contributed by atoms with van der Waals surface area (Å²) in [6, 6.07) is 45.3. The van der Waals surface area contributed by atoms with Crippen LogP contribution in [-0.4, -0.2) is 39.9 Å². The molecule has 10 aromatic rings. The van der Waals surface area contributed by atoms with Gasteiger partial charge in [-0.3, -0.25) is 0 Å². The second kappa shape index (κ2) is 26.1. The standard InChI is InChI=1S/C92H116F2N2O4Si/c1-85(2,3)53-91(19,20)61-47-73(83(97)79(49-61)95-75-37-31-57(87(7,8)9)43-67(75)68-44-58(88(10,11)12)32-38-76(68)95)71-51-63(93)35-41-81(71)99-55-101(65-27-23-24-28-65,66-29-25-26-30-66)56-100-82-42-36-64(94)52-72(82)74-48-62(92(21,22)54-86(4,5)6)50-80(84(74)98)96-77-39-33-59(89(13,14)15)45-69(77)70-46-60(90(16,17)18)34-40-78(70)96/h31-52,65-66,97-98H,23-30,53-56H2,1-22H3. The van der Waals surface area contributed by atoms with Gasteiger partial charge in [-0.05, 0) is 210 Å². The first kappa shape index (κ1) is 73.4. The minimum atomic E-state index is -2.80. The Morgan fingerprint density at radius 1 is 0.356 bits per heavy atom. The summed E-state index contributed by atoms with van der Waals surface area (Å²) in [7, 11) is -2.80. The molecule has 9 heteroatoms. The Hall–Kier alpha value is -7.36. The lowest BCUT2D eigenvalue weighted by atomic mass is 9.71. The van der Waals surface area contributed by atoms with Crippen LogP contribution < -0.4 is 9.47 Å². The summed E-state index contributed by atoms with van der Waals surface area (Å²) < 4.78 is 52.8. The van der Waals surface area contributed by atoms with E-state index in [1.807, 2.05) is 0 Å². The van der Waals surface area contributed by atoms with Gasteiger partial charge in [0.2, 0.25) is 0 Å². The lowest BCUT2D eigenvalue weighted by molar-refractivity contribution is 0.283. The number of aromatic hydroxyl groups is 2. The van der Waals surface area contributed by atoms with Crippen LogP contribution in [0.4, 0.5) is 8.78 Å². The average Bonchev–Trinajstić information content (AvgIpc) is 1.59. The van der Waals surface area contributed by atoms with Crippen molar-refractivity contribution in [2.24, 2.45) is 10.8 Å². The average molecular weight is 1380 g/mol. The zero-order chi connectivity index (χ0) is 73.3. The molecule has 0 aliphatic heterocycles. The number of phenolic OH excluding ortho intramolecular Hbond substituents is 2. The molecule has 2 fully saturated rings. The number of hydrogen-bond acceptors (Lipinski definition) is 4. The van der Waals surface area contributed by atoms with Gasteiger partial charge in [0.05, 0.1) is 45.9 Å². The monoisotopic (exact) mass is 1380 g/mol. The van der Waals surface area contributed by atoms with E-state index in [0.717, 1.165) is 119 Å². The second-order valence-corrected chi connectivity index (χ2v) is 43.4. The molecule has 2 saturated carbocycles. The highest BCUT2D eigenvalue weighted by molar-refractivity contribution is 6.82. The van der Waals surface area contributed by atoms with Crippen LogP contribution in [0.1, 0.15) is 250 Å². The summed E-state index contributed by atoms with van der Waals surface area (Å²) in [6.07, 6.45) is 11.2. The number of phenols is 2. The smallest absolute Gasteiger partial charge is 0.148 e. The molecular weight excluding hydrogens is 1260 g/mol. The van der Waals surface area contributed by atoms with E-state index in [9.17, 15) is 10.2 Å². The van der Waals surface area contributed by atoms with E-state index < -0.39 is 19.7 Å². The van der Waals surface area contributed by atoms with Crippen molar-refractivity contribution in [3.8, 4) is 56.6 Å². The normalized spacial score (nSPS) is 15.4. The van der Waals surface area contributed by atoms with E-state index in [4.69, 9.17) is 9.47 Å². The van der Waals surface area contributed by atoms with Crippen molar-refractivity contribution < 1.29 is 28.5 Å². The number of aromatic nitrogens is 2. The molecule has 2 aliphatic rings. The predicted molar refractivity (Wildman–Crippen MR) is 426 cm³/mol. The Bertz CT molecular complexity index is 4350. The maximum atomic E-state index is 16.6. The fourth-order valence-corrected chi connectivity index (χ4v) is 23.7. The van der Waals surface area contributed by atoms with Gasteiger partial charge in [-0.2, -0.15) is 0 Å². The molecule has 0 amide bonds. The van der Waals surface area contributed by atoms with Crippen LogP contribution in [0.25, 0.3) is 77.2 Å². The van der Waals surface area contributed by atoms with Crippen molar-refractivity contribution in [3.63, 3.8) is 0 Å². The van der Waals surface area contributed by atoms with Gasteiger partial charge < -0.3 is 28.8 Å². The zero-order valence-electron chi connectivity index (χ0n) is 65.2. The number of hydrogen-bond donors (Lipinski definition) is 2. The second-order valence-electron chi connectivity index (χ2n) is 38.7. The first-order valence-corrected chi connectivity index (χ1v) is 40.3. The van der Waals surface area contributed by atoms with Crippen molar-refractivity contribution in [2.75, 3.05) is 12.5 Å². The van der Waals surface area contributed by atoms with Gasteiger partial charge in [-0.1, -0.05) is 228 Å². The van der Waals surface area contributed by atoms with Gasteiger partial charge in [-0.15, -0.1) is 0 Å². The molecule has 0 radical (unpaired) electrons. The van der Waals surface area contributed by atoms with Crippen LogP contribution in [0.15, 0.2) is 133 Å². The molecule has 12 rings (SSSR count). The van der Waals surface area contributed by atoms with E-state index >= 15 is 8.78 Å². The third kappa shape index (κ3) is 14.6. The highest BCUT2D eigenvalue weighted by atomic mass is 28.3. The summed E-state index contributed by atoms with van der Waals surface area (Å²) in [5.74, 6) is 0.295. The molecule has 0 saturated heterocycles. The largest absolute Gasteiger partial charge is 0.505 e. The SMILES string of the molecule is CC(C)(C)CC(C)(C)c1cc(-c2cc(F)ccc2OC[Si](COc2ccc(F)cc2-c2cc(C(C)(C)CC(C)(C)C)cc(-n3c4ccc(C(C)(C)C)cc4c4cc(C(C)(C)C)ccc43)c2O)(C2CCCC2)C2CCCC2)c(O)c(-n2c3ccc(C(C)(C)C)cc3c3cc(C(C)(C)C)ccc32)c1. The highest BCUT2D eigenvalue weighted by Crippen LogP contribution is 2.54. The number of nitrogens with zero attached hydrogens (tertiary/aromatic N) is 2. The Morgan fingerprint density at radius 2 is 0.644 bits per heavy atom. The molecule has 0 bridgehead atoms. The van der Waals surface area contributed by atoms with Gasteiger partial charge in [-0.25, -0.2) is 8.78 Å². The third-order valence-electron chi connectivity index (χ3n) is 23.0. The van der Waals surface area contributed by atoms with Crippen molar-refractivity contribution in [3.05, 3.63) is 178 Å². The van der Waals surface area contributed by atoms with E-state index in [-0.39, 0.29) is 54.8 Å². The van der Waals surface area contributed by atoms with Crippen molar-refractivity contribution in [1.29, 1.82) is 0 Å². The zero-order valence-corrected chi connectivity index (χ0v) is 66.2. The van der Waals surface area contributed by atoms with Crippen LogP contribution >= 0.6 is 0 Å². The van der Waals surface area contributed by atoms with Crippen LogP contribution in [0.5, 0.6) is 23.0 Å². The summed E-state index contributed by atoms with van der Waals surface area (Å²) >= 11 is 0. The number of benzene rings is 8. The molecule has 2 heterocycles. The van der Waals surface area contributed by atoms with Gasteiger partial charge >= 0.3 is 0 Å². The van der Waals surface area contributed by atoms with Crippen LogP contribution in [0.2, 0.25) is 11.1 Å². The Kier molecular flexibility index (Phi) is 19.0. The fraction of sp³-hybridized carbons (Fsp3) is 0.478. The third-order valence-corrected chi connectivity index (χ3v) is 28.7. The van der Waals surface area contributed by atoms with Crippen LogP contribution in [-0.2, 0) is 32.5 Å². The minimum Gasteiger partial charge on any atom is -0.505 e. The topological polar surface area (TPSA) is 68.8 Å². The van der Waals surface area contributed by atoms with Crippen molar-refractivity contribution >= 4 is 51.7 Å². The summed E-state index contributed by atoms with van der Waals surface area (Å²) in [4.78, 5) is 0. The summed E-state index contributed by atoms with van der Waals surface area (Å²) in [5.41, 5.74) is 13.6. The maximum Gasteiger partial charge on any atom is 0.148 e. The van der Waals surface area contributed by atoms with E-state index in [0.29, 0.717) is 68.7 Å². The van der Waals surface area contributed by atoms with Crippen molar-refractivity contribution in [1.82, 2.24) is 9.13 Å². The maximum absolute atomic E-state index is 16.6. The van der Waals surface area contributed by atoms with Crippen LogP contribution in [0, 0.1) is 22.5 Å². The molecular formula is C92H116F2N2O4Si. The number of halogens is 2. The first-order chi connectivity index (χ1) is 46.9.